The lowest BCUT2D eigenvalue weighted by atomic mass is 9.68. The Bertz CT molecular complexity index is 3620. The highest BCUT2D eigenvalue weighted by Gasteiger charge is 2.52. The summed E-state index contributed by atoms with van der Waals surface area (Å²) in [5.41, 5.74) is 25.1. The van der Waals surface area contributed by atoms with Crippen molar-refractivity contribution in [2.45, 2.75) is 10.8 Å². The van der Waals surface area contributed by atoms with Crippen LogP contribution >= 0.6 is 0 Å². The monoisotopic (exact) mass is 875 g/mol. The van der Waals surface area contributed by atoms with Crippen LogP contribution in [0.1, 0.15) is 44.5 Å². The summed E-state index contributed by atoms with van der Waals surface area (Å²) in [7, 11) is 0. The molecule has 14 rings (SSSR count). The van der Waals surface area contributed by atoms with E-state index < -0.39 is 10.8 Å². The van der Waals surface area contributed by atoms with Crippen molar-refractivity contribution in [3.8, 4) is 55.6 Å². The minimum Gasteiger partial charge on any atom is -0.309 e. The molecule has 0 unspecified atom stereocenters. The minimum atomic E-state index is -0.510. The van der Waals surface area contributed by atoms with Gasteiger partial charge in [0.25, 0.3) is 0 Å². The van der Waals surface area contributed by atoms with Crippen LogP contribution in [0.2, 0.25) is 0 Å². The molecule has 0 atom stereocenters. The molecule has 69 heavy (non-hydrogen) atoms. The molecule has 0 heterocycles. The van der Waals surface area contributed by atoms with Crippen molar-refractivity contribution in [2.24, 2.45) is 0 Å². The largest absolute Gasteiger partial charge is 0.309 e. The Morgan fingerprint density at radius 2 is 0.565 bits per heavy atom. The molecule has 0 saturated heterocycles. The summed E-state index contributed by atoms with van der Waals surface area (Å²) >= 11 is 0. The number of benzene rings is 11. The molecular formula is C68H45N. The van der Waals surface area contributed by atoms with E-state index in [0.29, 0.717) is 0 Å². The third kappa shape index (κ3) is 5.53. The van der Waals surface area contributed by atoms with Gasteiger partial charge >= 0.3 is 0 Å². The summed E-state index contributed by atoms with van der Waals surface area (Å²) in [6, 6.07) is 102. The van der Waals surface area contributed by atoms with E-state index in [1.54, 1.807) is 0 Å². The van der Waals surface area contributed by atoms with Gasteiger partial charge in [-0.15, -0.1) is 0 Å². The Kier molecular flexibility index (Phi) is 8.78. The van der Waals surface area contributed by atoms with Gasteiger partial charge in [-0.25, -0.2) is 0 Å². The summed E-state index contributed by atoms with van der Waals surface area (Å²) < 4.78 is 0. The quantitative estimate of drug-likeness (QED) is 0.154. The standard InChI is InChI=1S/C68H45N/c1-5-22-46(23-6-1)52-34-21-35-53(47-24-7-2-8-25-47)66(52)69(50-41-43-64-59(44-50)57-33-16-17-36-60(57)67(64,48-26-9-3-10-27-48)49-28-11-4-12-29-49)51-40-42-58-56-32-15-20-39-63(56)68(65(58)45-51)61-37-18-13-30-54(61)55-31-14-19-38-62(55)68/h1-45H. The van der Waals surface area contributed by atoms with E-state index in [9.17, 15) is 0 Å². The van der Waals surface area contributed by atoms with Gasteiger partial charge < -0.3 is 4.90 Å². The highest BCUT2D eigenvalue weighted by Crippen LogP contribution is 2.64. The normalized spacial score (nSPS) is 13.7. The number of hydrogen-bond acceptors (Lipinski definition) is 1. The molecule has 0 bridgehead atoms. The highest BCUT2D eigenvalue weighted by atomic mass is 15.1. The lowest BCUT2D eigenvalue weighted by Gasteiger charge is -2.35. The lowest BCUT2D eigenvalue weighted by molar-refractivity contribution is 0.768. The molecule has 0 aromatic heterocycles. The van der Waals surface area contributed by atoms with Gasteiger partial charge in [-0.1, -0.05) is 249 Å². The van der Waals surface area contributed by atoms with Gasteiger partial charge in [0.2, 0.25) is 0 Å². The number of hydrogen-bond donors (Lipinski definition) is 0. The molecule has 1 heteroatoms. The van der Waals surface area contributed by atoms with Gasteiger partial charge in [-0.3, -0.25) is 0 Å². The fourth-order valence-electron chi connectivity index (χ4n) is 12.7. The number of nitrogens with zero attached hydrogens (tertiary/aromatic N) is 1. The van der Waals surface area contributed by atoms with Gasteiger partial charge in [0.05, 0.1) is 16.5 Å². The Balaban J connectivity index is 1.09. The minimum absolute atomic E-state index is 0.496. The maximum Gasteiger partial charge on any atom is 0.0726 e. The van der Waals surface area contributed by atoms with Crippen LogP contribution in [0.25, 0.3) is 55.6 Å². The van der Waals surface area contributed by atoms with Crippen LogP contribution in [0.5, 0.6) is 0 Å². The Morgan fingerprint density at radius 3 is 1.06 bits per heavy atom. The van der Waals surface area contributed by atoms with E-state index in [-0.39, 0.29) is 0 Å². The molecule has 3 aliphatic rings. The molecule has 11 aromatic carbocycles. The van der Waals surface area contributed by atoms with Crippen molar-refractivity contribution in [2.75, 3.05) is 4.90 Å². The van der Waals surface area contributed by atoms with Crippen LogP contribution in [0.15, 0.2) is 273 Å². The van der Waals surface area contributed by atoms with Crippen LogP contribution < -0.4 is 4.90 Å². The molecule has 0 fully saturated rings. The molecular weight excluding hydrogens is 831 g/mol. The van der Waals surface area contributed by atoms with Gasteiger partial charge in [-0.2, -0.15) is 0 Å². The predicted molar refractivity (Wildman–Crippen MR) is 286 cm³/mol. The fourth-order valence-corrected chi connectivity index (χ4v) is 12.7. The summed E-state index contributed by atoms with van der Waals surface area (Å²) in [6.45, 7) is 0. The van der Waals surface area contributed by atoms with E-state index >= 15 is 0 Å². The molecule has 3 aliphatic carbocycles. The molecule has 1 spiro atoms. The molecule has 0 radical (unpaired) electrons. The fraction of sp³-hybridized carbons (Fsp3) is 0.0294. The first-order valence-electron chi connectivity index (χ1n) is 24.1. The lowest BCUT2D eigenvalue weighted by Crippen LogP contribution is -2.28. The van der Waals surface area contributed by atoms with E-state index in [1.165, 1.54) is 77.9 Å². The molecule has 1 nitrogen and oxygen atoms in total. The second kappa shape index (κ2) is 15.4. The second-order valence-electron chi connectivity index (χ2n) is 18.6. The van der Waals surface area contributed by atoms with E-state index in [0.717, 1.165) is 39.3 Å². The van der Waals surface area contributed by atoms with Crippen LogP contribution in [0, 0.1) is 0 Å². The van der Waals surface area contributed by atoms with Crippen LogP contribution in [0.4, 0.5) is 17.1 Å². The molecule has 0 N–H and O–H groups in total. The van der Waals surface area contributed by atoms with Crippen LogP contribution in [-0.2, 0) is 10.8 Å². The van der Waals surface area contributed by atoms with Crippen molar-refractivity contribution in [1.82, 2.24) is 0 Å². The number of para-hydroxylation sites is 1. The van der Waals surface area contributed by atoms with Crippen molar-refractivity contribution in [1.29, 1.82) is 0 Å². The highest BCUT2D eigenvalue weighted by molar-refractivity contribution is 6.01. The first-order valence-corrected chi connectivity index (χ1v) is 24.1. The summed E-state index contributed by atoms with van der Waals surface area (Å²) in [4.78, 5) is 2.57. The van der Waals surface area contributed by atoms with Crippen LogP contribution in [0.3, 0.4) is 0 Å². The number of anilines is 3. The molecule has 0 amide bonds. The molecule has 322 valence electrons. The third-order valence-electron chi connectivity index (χ3n) is 15.4. The second-order valence-corrected chi connectivity index (χ2v) is 18.6. The number of rotatable bonds is 7. The zero-order valence-electron chi connectivity index (χ0n) is 37.9. The van der Waals surface area contributed by atoms with Gasteiger partial charge in [0.1, 0.15) is 0 Å². The maximum atomic E-state index is 2.57. The smallest absolute Gasteiger partial charge is 0.0726 e. The number of fused-ring (bicyclic) bond motifs is 13. The van der Waals surface area contributed by atoms with Crippen LogP contribution in [-0.4, -0.2) is 0 Å². The van der Waals surface area contributed by atoms with Gasteiger partial charge in [-0.05, 0) is 113 Å². The van der Waals surface area contributed by atoms with E-state index in [4.69, 9.17) is 0 Å². The summed E-state index contributed by atoms with van der Waals surface area (Å²) in [5, 5.41) is 0. The SMILES string of the molecule is c1ccc(-c2cccc(-c3ccccc3)c2N(c2ccc3c(c2)-c2ccccc2C3(c2ccccc2)c2ccccc2)c2ccc3c(c2)C2(c4ccccc4-c4ccccc42)c2ccccc2-3)cc1. The zero-order valence-corrected chi connectivity index (χ0v) is 37.9. The molecule has 0 saturated carbocycles. The van der Waals surface area contributed by atoms with Gasteiger partial charge in [0, 0.05) is 22.5 Å². The molecule has 11 aromatic rings. The topological polar surface area (TPSA) is 3.24 Å². The zero-order chi connectivity index (χ0) is 45.5. The average molecular weight is 876 g/mol. The first kappa shape index (κ1) is 39.4. The summed E-state index contributed by atoms with van der Waals surface area (Å²) in [6.07, 6.45) is 0. The predicted octanol–water partition coefficient (Wildman–Crippen LogP) is 17.2. The van der Waals surface area contributed by atoms with E-state index in [2.05, 4.69) is 278 Å². The Hall–Kier alpha value is -8.78. The third-order valence-corrected chi connectivity index (χ3v) is 15.4. The first-order chi connectivity index (χ1) is 34.3. The van der Waals surface area contributed by atoms with E-state index in [1.807, 2.05) is 0 Å². The van der Waals surface area contributed by atoms with Crippen molar-refractivity contribution >= 4 is 17.1 Å². The summed E-state index contributed by atoms with van der Waals surface area (Å²) in [5.74, 6) is 0. The Morgan fingerprint density at radius 1 is 0.217 bits per heavy atom. The average Bonchev–Trinajstić information content (AvgIpc) is 4.02. The van der Waals surface area contributed by atoms with Crippen molar-refractivity contribution in [3.63, 3.8) is 0 Å². The van der Waals surface area contributed by atoms with Gasteiger partial charge in [0.15, 0.2) is 0 Å². The maximum absolute atomic E-state index is 2.57. The Labute approximate surface area is 403 Å². The molecule has 0 aliphatic heterocycles. The van der Waals surface area contributed by atoms with Crippen molar-refractivity contribution in [3.05, 3.63) is 317 Å². The van der Waals surface area contributed by atoms with Crippen molar-refractivity contribution < 1.29 is 0 Å².